The molecule has 0 spiro atoms. The fraction of sp³-hybridized carbons (Fsp3) is 0.769. The minimum Gasteiger partial charge on any atom is -0.335 e. The topological polar surface area (TPSA) is 66.9 Å². The number of aromatic nitrogens is 2. The Morgan fingerprint density at radius 3 is 2.89 bits per heavy atom. The lowest BCUT2D eigenvalue weighted by molar-refractivity contribution is 0.232. The Labute approximate surface area is 118 Å². The molecule has 5 nitrogen and oxygen atoms in total. The monoisotopic (exact) mass is 282 g/mol. The number of aryl methyl sites for hydroxylation is 1. The summed E-state index contributed by atoms with van der Waals surface area (Å²) in [7, 11) is 0. The van der Waals surface area contributed by atoms with Crippen LogP contribution in [-0.2, 0) is 6.42 Å². The van der Waals surface area contributed by atoms with E-state index in [9.17, 15) is 4.79 Å². The van der Waals surface area contributed by atoms with E-state index < -0.39 is 0 Å². The molecule has 1 fully saturated rings. The van der Waals surface area contributed by atoms with Gasteiger partial charge >= 0.3 is 6.03 Å². The molecule has 106 valence electrons. The van der Waals surface area contributed by atoms with E-state index in [4.69, 9.17) is 0 Å². The minimum absolute atomic E-state index is 0.155. The Bertz CT molecular complexity index is 421. The van der Waals surface area contributed by atoms with Crippen molar-refractivity contribution >= 4 is 22.5 Å². The van der Waals surface area contributed by atoms with Crippen molar-refractivity contribution in [3.63, 3.8) is 0 Å². The number of hydrogen-bond donors (Lipinski definition) is 2. The Hall–Kier alpha value is -1.17. The lowest BCUT2D eigenvalue weighted by Crippen LogP contribution is -2.43. The fourth-order valence-corrected chi connectivity index (χ4v) is 3.29. The van der Waals surface area contributed by atoms with Crippen molar-refractivity contribution in [1.82, 2.24) is 15.5 Å². The van der Waals surface area contributed by atoms with Crippen LogP contribution in [0.1, 0.15) is 51.0 Å². The van der Waals surface area contributed by atoms with Crippen molar-refractivity contribution in [2.45, 2.75) is 58.4 Å². The number of amides is 2. The van der Waals surface area contributed by atoms with Crippen molar-refractivity contribution in [3.05, 3.63) is 5.01 Å². The summed E-state index contributed by atoms with van der Waals surface area (Å²) in [6, 6.07) is 0.134. The lowest BCUT2D eigenvalue weighted by atomic mass is 9.86. The molecule has 0 radical (unpaired) electrons. The van der Waals surface area contributed by atoms with Gasteiger partial charge in [-0.15, -0.1) is 10.2 Å². The van der Waals surface area contributed by atoms with Crippen LogP contribution >= 0.6 is 11.3 Å². The van der Waals surface area contributed by atoms with Crippen LogP contribution in [0.15, 0.2) is 0 Å². The highest BCUT2D eigenvalue weighted by Crippen LogP contribution is 2.24. The Morgan fingerprint density at radius 1 is 1.37 bits per heavy atom. The molecule has 0 aliphatic heterocycles. The molecule has 0 unspecified atom stereocenters. The third-order valence-electron chi connectivity index (χ3n) is 3.58. The van der Waals surface area contributed by atoms with Gasteiger partial charge < -0.3 is 5.32 Å². The third kappa shape index (κ3) is 4.16. The molecule has 0 saturated heterocycles. The van der Waals surface area contributed by atoms with Crippen LogP contribution in [0.5, 0.6) is 0 Å². The van der Waals surface area contributed by atoms with Crippen molar-refractivity contribution in [3.8, 4) is 0 Å². The van der Waals surface area contributed by atoms with Gasteiger partial charge in [-0.05, 0) is 25.2 Å². The number of anilines is 1. The second-order valence-electron chi connectivity index (χ2n) is 5.22. The van der Waals surface area contributed by atoms with Gasteiger partial charge in [-0.25, -0.2) is 4.79 Å². The van der Waals surface area contributed by atoms with Crippen LogP contribution < -0.4 is 10.6 Å². The van der Waals surface area contributed by atoms with Gasteiger partial charge in [0.2, 0.25) is 5.13 Å². The highest BCUT2D eigenvalue weighted by Gasteiger charge is 2.23. The molecule has 1 aromatic rings. The largest absolute Gasteiger partial charge is 0.335 e. The molecule has 6 heteroatoms. The molecule has 1 aliphatic carbocycles. The van der Waals surface area contributed by atoms with Gasteiger partial charge in [-0.1, -0.05) is 38.0 Å². The van der Waals surface area contributed by atoms with E-state index in [1.807, 2.05) is 0 Å². The molecule has 2 atom stereocenters. The second-order valence-corrected chi connectivity index (χ2v) is 6.28. The molecule has 2 rings (SSSR count). The van der Waals surface area contributed by atoms with Gasteiger partial charge in [-0.3, -0.25) is 5.32 Å². The third-order valence-corrected chi connectivity index (χ3v) is 4.48. The van der Waals surface area contributed by atoms with Gasteiger partial charge in [0.15, 0.2) is 0 Å². The smallest absolute Gasteiger partial charge is 0.321 e. The summed E-state index contributed by atoms with van der Waals surface area (Å²) in [5.41, 5.74) is 0. The van der Waals surface area contributed by atoms with E-state index in [0.717, 1.165) is 24.3 Å². The number of nitrogens with zero attached hydrogens (tertiary/aromatic N) is 2. The lowest BCUT2D eigenvalue weighted by Gasteiger charge is -2.29. The molecular formula is C13H22N4OS. The van der Waals surface area contributed by atoms with E-state index in [1.54, 1.807) is 0 Å². The molecule has 1 aromatic heterocycles. The number of carbonyl (C=O) groups excluding carboxylic acids is 1. The maximum atomic E-state index is 11.9. The van der Waals surface area contributed by atoms with Crippen LogP contribution in [0, 0.1) is 5.92 Å². The zero-order chi connectivity index (χ0) is 13.7. The summed E-state index contributed by atoms with van der Waals surface area (Å²) < 4.78 is 0. The Morgan fingerprint density at radius 2 is 2.16 bits per heavy atom. The summed E-state index contributed by atoms with van der Waals surface area (Å²) in [6.07, 6.45) is 6.71. The summed E-state index contributed by atoms with van der Waals surface area (Å²) >= 11 is 1.45. The van der Waals surface area contributed by atoms with Crippen molar-refractivity contribution < 1.29 is 4.79 Å². The first kappa shape index (κ1) is 14.2. The first-order valence-electron chi connectivity index (χ1n) is 7.09. The number of hydrogen-bond acceptors (Lipinski definition) is 4. The zero-order valence-corrected chi connectivity index (χ0v) is 12.4. The normalized spacial score (nSPS) is 23.1. The summed E-state index contributed by atoms with van der Waals surface area (Å²) in [5.74, 6) is 0.560. The minimum atomic E-state index is -0.155. The van der Waals surface area contributed by atoms with E-state index in [1.165, 1.54) is 30.6 Å². The quantitative estimate of drug-likeness (QED) is 0.891. The Kier molecular flexibility index (Phi) is 5.13. The first-order valence-corrected chi connectivity index (χ1v) is 7.90. The van der Waals surface area contributed by atoms with Crippen LogP contribution in [0.3, 0.4) is 0 Å². The first-order chi connectivity index (χ1) is 9.19. The zero-order valence-electron chi connectivity index (χ0n) is 11.6. The van der Waals surface area contributed by atoms with Gasteiger partial charge in [-0.2, -0.15) is 0 Å². The maximum absolute atomic E-state index is 11.9. The molecule has 1 heterocycles. The summed E-state index contributed by atoms with van der Waals surface area (Å²) in [4.78, 5) is 11.9. The highest BCUT2D eigenvalue weighted by molar-refractivity contribution is 7.15. The average molecular weight is 282 g/mol. The molecule has 1 saturated carbocycles. The van der Waals surface area contributed by atoms with Crippen LogP contribution in [-0.4, -0.2) is 22.3 Å². The molecule has 0 aromatic carbocycles. The predicted molar refractivity (Wildman–Crippen MR) is 77.5 cm³/mol. The fourth-order valence-electron chi connectivity index (χ4n) is 2.45. The SMILES string of the molecule is CCCc1nnc(NC(=O)N[C@@H]2CCCC[C@@H]2C)s1. The molecule has 19 heavy (non-hydrogen) atoms. The van der Waals surface area contributed by atoms with Gasteiger partial charge in [0, 0.05) is 12.5 Å². The van der Waals surface area contributed by atoms with Crippen molar-refractivity contribution in [2.24, 2.45) is 5.92 Å². The van der Waals surface area contributed by atoms with Crippen molar-refractivity contribution in [2.75, 3.05) is 5.32 Å². The van der Waals surface area contributed by atoms with E-state index in [-0.39, 0.29) is 12.1 Å². The van der Waals surface area contributed by atoms with Gasteiger partial charge in [0.05, 0.1) is 0 Å². The summed E-state index contributed by atoms with van der Waals surface area (Å²) in [5, 5.41) is 15.4. The van der Waals surface area contributed by atoms with Gasteiger partial charge in [0.1, 0.15) is 5.01 Å². The second kappa shape index (κ2) is 6.84. The Balaban J connectivity index is 1.82. The maximum Gasteiger partial charge on any atom is 0.321 e. The molecule has 2 amide bonds. The van der Waals surface area contributed by atoms with Crippen LogP contribution in [0.25, 0.3) is 0 Å². The number of rotatable bonds is 4. The van der Waals surface area contributed by atoms with E-state index in [0.29, 0.717) is 11.0 Å². The molecular weight excluding hydrogens is 260 g/mol. The molecule has 2 N–H and O–H groups in total. The standard InChI is InChI=1S/C13H22N4OS/c1-3-6-11-16-17-13(19-11)15-12(18)14-10-8-5-4-7-9(10)2/h9-10H,3-8H2,1-2H3,(H2,14,15,17,18)/t9-,10+/m0/s1. The number of urea groups is 1. The highest BCUT2D eigenvalue weighted by atomic mass is 32.1. The van der Waals surface area contributed by atoms with Crippen molar-refractivity contribution in [1.29, 1.82) is 0 Å². The van der Waals surface area contributed by atoms with Crippen LogP contribution in [0.4, 0.5) is 9.93 Å². The average Bonchev–Trinajstić information content (AvgIpc) is 2.80. The van der Waals surface area contributed by atoms with E-state index in [2.05, 4.69) is 34.7 Å². The van der Waals surface area contributed by atoms with Crippen LogP contribution in [0.2, 0.25) is 0 Å². The van der Waals surface area contributed by atoms with E-state index >= 15 is 0 Å². The molecule has 0 bridgehead atoms. The summed E-state index contributed by atoms with van der Waals surface area (Å²) in [6.45, 7) is 4.31. The van der Waals surface area contributed by atoms with Gasteiger partial charge in [0.25, 0.3) is 0 Å². The molecule has 1 aliphatic rings. The number of carbonyl (C=O) groups is 1. The number of nitrogens with one attached hydrogen (secondary N) is 2. The predicted octanol–water partition coefficient (Wildman–Crippen LogP) is 3.19.